The lowest BCUT2D eigenvalue weighted by atomic mass is 10.2. The van der Waals surface area contributed by atoms with E-state index in [1.54, 1.807) is 6.20 Å². The van der Waals surface area contributed by atoms with Gasteiger partial charge in [-0.2, -0.15) is 5.10 Å². The Morgan fingerprint density at radius 3 is 2.87 bits per heavy atom. The fraction of sp³-hybridized carbons (Fsp3) is 0.348. The second kappa shape index (κ2) is 9.83. The number of nitrogens with zero attached hydrogens (tertiary/aromatic N) is 5. The summed E-state index contributed by atoms with van der Waals surface area (Å²) in [6, 6.07) is 14.3. The molecule has 3 aromatic rings. The Labute approximate surface area is 188 Å². The third-order valence-corrected chi connectivity index (χ3v) is 5.58. The molecule has 0 aliphatic carbocycles. The van der Waals surface area contributed by atoms with Crippen molar-refractivity contribution in [3.05, 3.63) is 71.1 Å². The topological polar surface area (TPSA) is 70.4 Å². The summed E-state index contributed by atoms with van der Waals surface area (Å²) in [7, 11) is 0. The van der Waals surface area contributed by atoms with E-state index < -0.39 is 0 Å². The fourth-order valence-corrected chi connectivity index (χ4v) is 4.02. The van der Waals surface area contributed by atoms with Crippen LogP contribution < -0.4 is 15.5 Å². The summed E-state index contributed by atoms with van der Waals surface area (Å²) >= 11 is 6.32. The van der Waals surface area contributed by atoms with Crippen molar-refractivity contribution in [2.75, 3.05) is 24.5 Å². The number of aliphatic imine (C=N–C) groups is 1. The van der Waals surface area contributed by atoms with Crippen LogP contribution in [0.1, 0.15) is 24.6 Å². The molecular formula is C23H28ClN7. The molecule has 7 nitrogen and oxygen atoms in total. The van der Waals surface area contributed by atoms with Crippen molar-refractivity contribution in [2.24, 2.45) is 4.99 Å². The maximum absolute atomic E-state index is 6.32. The zero-order valence-electron chi connectivity index (χ0n) is 17.9. The van der Waals surface area contributed by atoms with Crippen LogP contribution in [0.4, 0.5) is 5.82 Å². The molecule has 0 bridgehead atoms. The van der Waals surface area contributed by atoms with Gasteiger partial charge in [0, 0.05) is 38.1 Å². The average molecular weight is 438 g/mol. The second-order valence-corrected chi connectivity index (χ2v) is 8.02. The number of nitrogens with one attached hydrogen (secondary N) is 2. The molecule has 0 spiro atoms. The van der Waals surface area contributed by atoms with E-state index in [9.17, 15) is 0 Å². The Balaban J connectivity index is 1.45. The Morgan fingerprint density at radius 1 is 1.23 bits per heavy atom. The highest BCUT2D eigenvalue weighted by molar-refractivity contribution is 6.32. The van der Waals surface area contributed by atoms with Crippen LogP contribution in [-0.4, -0.2) is 46.4 Å². The van der Waals surface area contributed by atoms with Gasteiger partial charge in [0.2, 0.25) is 0 Å². The fourth-order valence-electron chi connectivity index (χ4n) is 3.78. The van der Waals surface area contributed by atoms with Gasteiger partial charge >= 0.3 is 0 Å². The highest BCUT2D eigenvalue weighted by Crippen LogP contribution is 2.25. The molecule has 1 atom stereocenters. The smallest absolute Gasteiger partial charge is 0.191 e. The first-order chi connectivity index (χ1) is 15.1. The first-order valence-electron chi connectivity index (χ1n) is 10.6. The summed E-state index contributed by atoms with van der Waals surface area (Å²) in [4.78, 5) is 11.5. The molecule has 0 radical (unpaired) electrons. The zero-order valence-corrected chi connectivity index (χ0v) is 18.7. The van der Waals surface area contributed by atoms with Crippen molar-refractivity contribution in [1.29, 1.82) is 0 Å². The lowest BCUT2D eigenvalue weighted by Crippen LogP contribution is -2.44. The summed E-state index contributed by atoms with van der Waals surface area (Å²) in [6.07, 6.45) is 4.77. The van der Waals surface area contributed by atoms with Crippen molar-refractivity contribution in [2.45, 2.75) is 32.9 Å². The number of halogens is 1. The quantitative estimate of drug-likeness (QED) is 0.455. The van der Waals surface area contributed by atoms with Crippen molar-refractivity contribution in [3.8, 4) is 5.69 Å². The van der Waals surface area contributed by atoms with Gasteiger partial charge in [0.25, 0.3) is 0 Å². The first-order valence-corrected chi connectivity index (χ1v) is 11.0. The summed E-state index contributed by atoms with van der Waals surface area (Å²) in [6.45, 7) is 7.18. The number of guanidine groups is 1. The Bertz CT molecular complexity index is 1050. The van der Waals surface area contributed by atoms with Crippen molar-refractivity contribution >= 4 is 23.4 Å². The van der Waals surface area contributed by atoms with Gasteiger partial charge in [0.05, 0.1) is 22.9 Å². The van der Waals surface area contributed by atoms with Crippen LogP contribution in [0.2, 0.25) is 5.02 Å². The summed E-state index contributed by atoms with van der Waals surface area (Å²) < 4.78 is 1.91. The molecule has 162 valence electrons. The van der Waals surface area contributed by atoms with Gasteiger partial charge < -0.3 is 15.5 Å². The number of anilines is 1. The SMILES string of the molecule is CCNC(=NCc1ccccc1-n1ccc(C)n1)NC1CCN(c2ncccc2Cl)C1. The van der Waals surface area contributed by atoms with Gasteiger partial charge in [0.15, 0.2) is 5.96 Å². The second-order valence-electron chi connectivity index (χ2n) is 7.61. The number of hydrogen-bond donors (Lipinski definition) is 2. The predicted octanol–water partition coefficient (Wildman–Crippen LogP) is 3.56. The maximum atomic E-state index is 6.32. The van der Waals surface area contributed by atoms with E-state index in [1.807, 2.05) is 48.1 Å². The molecular weight excluding hydrogens is 410 g/mol. The zero-order chi connectivity index (χ0) is 21.6. The van der Waals surface area contributed by atoms with Crippen LogP contribution >= 0.6 is 11.6 Å². The van der Waals surface area contributed by atoms with E-state index in [2.05, 4.69) is 44.7 Å². The minimum absolute atomic E-state index is 0.278. The largest absolute Gasteiger partial charge is 0.357 e. The van der Waals surface area contributed by atoms with E-state index >= 15 is 0 Å². The van der Waals surface area contributed by atoms with Gasteiger partial charge in [0.1, 0.15) is 5.82 Å². The van der Waals surface area contributed by atoms with Crippen LogP contribution in [0.5, 0.6) is 0 Å². The minimum Gasteiger partial charge on any atom is -0.357 e. The summed E-state index contributed by atoms with van der Waals surface area (Å²) in [5.74, 6) is 1.66. The molecule has 8 heteroatoms. The number of pyridine rings is 1. The molecule has 4 rings (SSSR count). The van der Waals surface area contributed by atoms with Crippen molar-refractivity contribution < 1.29 is 0 Å². The van der Waals surface area contributed by atoms with Crippen LogP contribution in [0.3, 0.4) is 0 Å². The van der Waals surface area contributed by atoms with E-state index in [-0.39, 0.29) is 6.04 Å². The summed E-state index contributed by atoms with van der Waals surface area (Å²) in [5.41, 5.74) is 3.16. The third kappa shape index (κ3) is 5.17. The van der Waals surface area contributed by atoms with Gasteiger partial charge in [-0.15, -0.1) is 0 Å². The molecule has 1 aliphatic rings. The molecule has 1 saturated heterocycles. The summed E-state index contributed by atoms with van der Waals surface area (Å²) in [5, 5.41) is 12.2. The number of hydrogen-bond acceptors (Lipinski definition) is 4. The molecule has 1 fully saturated rings. The van der Waals surface area contributed by atoms with Crippen LogP contribution in [0, 0.1) is 6.92 Å². The third-order valence-electron chi connectivity index (χ3n) is 5.28. The first kappa shape index (κ1) is 21.2. The molecule has 1 unspecified atom stereocenters. The monoisotopic (exact) mass is 437 g/mol. The highest BCUT2D eigenvalue weighted by atomic mass is 35.5. The molecule has 0 saturated carbocycles. The molecule has 0 amide bonds. The number of benzene rings is 1. The molecule has 1 aliphatic heterocycles. The lowest BCUT2D eigenvalue weighted by molar-refractivity contribution is 0.648. The van der Waals surface area contributed by atoms with Gasteiger partial charge in [-0.05, 0) is 50.1 Å². The lowest BCUT2D eigenvalue weighted by Gasteiger charge is -2.20. The van der Waals surface area contributed by atoms with Crippen LogP contribution in [-0.2, 0) is 6.54 Å². The van der Waals surface area contributed by atoms with Crippen LogP contribution in [0.25, 0.3) is 5.69 Å². The van der Waals surface area contributed by atoms with Gasteiger partial charge in [-0.3, -0.25) is 0 Å². The Kier molecular flexibility index (Phi) is 6.72. The van der Waals surface area contributed by atoms with Crippen molar-refractivity contribution in [1.82, 2.24) is 25.4 Å². The van der Waals surface area contributed by atoms with E-state index in [4.69, 9.17) is 16.6 Å². The van der Waals surface area contributed by atoms with Gasteiger partial charge in [-0.25, -0.2) is 14.7 Å². The Hall–Kier alpha value is -3.06. The number of para-hydroxylation sites is 1. The standard InChI is InChI=1S/C23H28ClN7/c1-3-25-23(28-19-11-13-30(16-19)22-20(24)8-6-12-26-22)27-15-18-7-4-5-9-21(18)31-14-10-17(2)29-31/h4-10,12,14,19H,3,11,13,15-16H2,1-2H3,(H2,25,27,28). The minimum atomic E-state index is 0.278. The number of aromatic nitrogens is 3. The average Bonchev–Trinajstić information content (AvgIpc) is 3.42. The highest BCUT2D eigenvalue weighted by Gasteiger charge is 2.25. The van der Waals surface area contributed by atoms with E-state index in [1.165, 1.54) is 0 Å². The molecule has 2 aromatic heterocycles. The molecule has 1 aromatic carbocycles. The molecule has 31 heavy (non-hydrogen) atoms. The molecule has 2 N–H and O–H groups in total. The molecule has 3 heterocycles. The number of rotatable bonds is 6. The number of aryl methyl sites for hydroxylation is 1. The van der Waals surface area contributed by atoms with Gasteiger partial charge in [-0.1, -0.05) is 29.8 Å². The Morgan fingerprint density at radius 2 is 2.10 bits per heavy atom. The van der Waals surface area contributed by atoms with E-state index in [0.29, 0.717) is 11.6 Å². The van der Waals surface area contributed by atoms with Crippen LogP contribution in [0.15, 0.2) is 59.9 Å². The predicted molar refractivity (Wildman–Crippen MR) is 126 cm³/mol. The van der Waals surface area contributed by atoms with E-state index in [0.717, 1.165) is 54.8 Å². The normalized spacial score (nSPS) is 16.5. The van der Waals surface area contributed by atoms with Crippen molar-refractivity contribution in [3.63, 3.8) is 0 Å². The maximum Gasteiger partial charge on any atom is 0.191 e.